The molecule has 2 aromatic rings. The molecule has 0 saturated heterocycles. The zero-order chi connectivity index (χ0) is 13.4. The normalized spacial score (nSPS) is 26.7. The van der Waals surface area contributed by atoms with Crippen LogP contribution in [0.1, 0.15) is 29.5 Å². The molecule has 2 aliphatic carbocycles. The van der Waals surface area contributed by atoms with Crippen LogP contribution in [0.25, 0.3) is 0 Å². The summed E-state index contributed by atoms with van der Waals surface area (Å²) in [5, 5.41) is 3.61. The van der Waals surface area contributed by atoms with E-state index in [0.29, 0.717) is 5.41 Å². The van der Waals surface area contributed by atoms with Gasteiger partial charge in [0.2, 0.25) is 0 Å². The van der Waals surface area contributed by atoms with Crippen molar-refractivity contribution in [1.82, 2.24) is 10.3 Å². The van der Waals surface area contributed by atoms with E-state index >= 15 is 0 Å². The van der Waals surface area contributed by atoms with E-state index in [1.165, 1.54) is 24.8 Å². The van der Waals surface area contributed by atoms with Crippen LogP contribution in [0.15, 0.2) is 48.8 Å². The number of aryl methyl sites for hydroxylation is 1. The van der Waals surface area contributed by atoms with Crippen molar-refractivity contribution in [3.63, 3.8) is 0 Å². The molecule has 102 valence electrons. The number of nitrogens with zero attached hydrogens (tertiary/aromatic N) is 1. The van der Waals surface area contributed by atoms with Gasteiger partial charge in [0, 0.05) is 24.4 Å². The summed E-state index contributed by atoms with van der Waals surface area (Å²) in [6.45, 7) is 2.06. The van der Waals surface area contributed by atoms with Crippen LogP contribution in [0.2, 0.25) is 0 Å². The Bertz CT molecular complexity index is 608. The summed E-state index contributed by atoms with van der Waals surface area (Å²) in [4.78, 5) is 4.16. The average Bonchev–Trinajstić information content (AvgIpc) is 3.08. The first-order chi connectivity index (χ1) is 9.88. The number of hydrogen-bond acceptors (Lipinski definition) is 2. The van der Waals surface area contributed by atoms with E-state index < -0.39 is 0 Å². The van der Waals surface area contributed by atoms with Crippen LogP contribution in [0.4, 0.5) is 0 Å². The fourth-order valence-electron chi connectivity index (χ4n) is 3.89. The zero-order valence-electron chi connectivity index (χ0n) is 11.7. The van der Waals surface area contributed by atoms with E-state index in [9.17, 15) is 0 Å². The second-order valence-electron chi connectivity index (χ2n) is 6.21. The van der Waals surface area contributed by atoms with E-state index in [4.69, 9.17) is 0 Å². The fourth-order valence-corrected chi connectivity index (χ4v) is 3.89. The number of fused-ring (bicyclic) bond motifs is 2. The smallest absolute Gasteiger partial charge is 0.0312 e. The second-order valence-corrected chi connectivity index (χ2v) is 6.21. The Morgan fingerprint density at radius 1 is 1.20 bits per heavy atom. The van der Waals surface area contributed by atoms with E-state index in [1.54, 1.807) is 11.1 Å². The highest BCUT2D eigenvalue weighted by atomic mass is 14.9. The van der Waals surface area contributed by atoms with Crippen molar-refractivity contribution in [2.45, 2.75) is 31.2 Å². The summed E-state index contributed by atoms with van der Waals surface area (Å²) in [5.41, 5.74) is 5.00. The molecule has 4 rings (SSSR count). The monoisotopic (exact) mass is 264 g/mol. The lowest BCUT2D eigenvalue weighted by molar-refractivity contribution is 0.547. The average molecular weight is 264 g/mol. The fraction of sp³-hybridized carbons (Fsp3) is 0.389. The van der Waals surface area contributed by atoms with E-state index in [-0.39, 0.29) is 0 Å². The summed E-state index contributed by atoms with van der Waals surface area (Å²) in [6, 6.07) is 13.2. The van der Waals surface area contributed by atoms with Gasteiger partial charge in [-0.2, -0.15) is 0 Å². The minimum atomic E-state index is 0.512. The van der Waals surface area contributed by atoms with Gasteiger partial charge in [-0.3, -0.25) is 4.98 Å². The maximum Gasteiger partial charge on any atom is 0.0312 e. The maximum atomic E-state index is 4.16. The van der Waals surface area contributed by atoms with Crippen molar-refractivity contribution in [2.75, 3.05) is 6.54 Å². The Hall–Kier alpha value is -1.67. The van der Waals surface area contributed by atoms with Gasteiger partial charge in [-0.25, -0.2) is 0 Å². The lowest BCUT2D eigenvalue weighted by Crippen LogP contribution is -2.20. The topological polar surface area (TPSA) is 24.9 Å². The molecule has 2 nitrogen and oxygen atoms in total. The summed E-state index contributed by atoms with van der Waals surface area (Å²) in [5.74, 6) is 0.822. The van der Waals surface area contributed by atoms with Crippen molar-refractivity contribution in [2.24, 2.45) is 5.92 Å². The zero-order valence-corrected chi connectivity index (χ0v) is 11.7. The van der Waals surface area contributed by atoms with Crippen molar-refractivity contribution in [3.8, 4) is 0 Å². The molecule has 1 spiro atoms. The van der Waals surface area contributed by atoms with Crippen molar-refractivity contribution >= 4 is 0 Å². The highest BCUT2D eigenvalue weighted by Crippen LogP contribution is 2.61. The number of aromatic nitrogens is 1. The third-order valence-electron chi connectivity index (χ3n) is 5.07. The minimum Gasteiger partial charge on any atom is -0.312 e. The van der Waals surface area contributed by atoms with Gasteiger partial charge in [0.15, 0.2) is 0 Å². The Labute approximate surface area is 120 Å². The van der Waals surface area contributed by atoms with Crippen LogP contribution in [0.5, 0.6) is 0 Å². The largest absolute Gasteiger partial charge is 0.312 e. The summed E-state index contributed by atoms with van der Waals surface area (Å²) in [6.07, 6.45) is 7.76. The standard InChI is InChI=1S/C18H20N2/c1-2-6-17-15(5-1)7-8-18(17)10-16(18)13-20-12-14-4-3-9-19-11-14/h1-6,9,11,16,20H,7-8,10,12-13H2/t16-,18+/m1/s1. The molecule has 0 bridgehead atoms. The Balaban J connectivity index is 1.37. The molecule has 2 atom stereocenters. The molecular formula is C18H20N2. The molecule has 1 heterocycles. The number of hydrogen-bond donors (Lipinski definition) is 1. The third kappa shape index (κ3) is 1.95. The van der Waals surface area contributed by atoms with Crippen molar-refractivity contribution < 1.29 is 0 Å². The second kappa shape index (κ2) is 4.71. The highest BCUT2D eigenvalue weighted by molar-refractivity contribution is 5.45. The molecule has 1 aromatic heterocycles. The predicted molar refractivity (Wildman–Crippen MR) is 80.5 cm³/mol. The molecule has 0 unspecified atom stereocenters. The van der Waals surface area contributed by atoms with Crippen LogP contribution in [-0.4, -0.2) is 11.5 Å². The van der Waals surface area contributed by atoms with Gasteiger partial charge in [-0.1, -0.05) is 30.3 Å². The summed E-state index contributed by atoms with van der Waals surface area (Å²) < 4.78 is 0. The molecule has 1 saturated carbocycles. The number of rotatable bonds is 4. The van der Waals surface area contributed by atoms with Crippen molar-refractivity contribution in [3.05, 3.63) is 65.5 Å². The van der Waals surface area contributed by atoms with Crippen LogP contribution in [-0.2, 0) is 18.4 Å². The molecular weight excluding hydrogens is 244 g/mol. The summed E-state index contributed by atoms with van der Waals surface area (Å²) in [7, 11) is 0. The molecule has 2 heteroatoms. The van der Waals surface area contributed by atoms with Crippen LogP contribution < -0.4 is 5.32 Å². The molecule has 0 aliphatic heterocycles. The maximum absolute atomic E-state index is 4.16. The van der Waals surface area contributed by atoms with Gasteiger partial charge in [0.1, 0.15) is 0 Å². The van der Waals surface area contributed by atoms with Gasteiger partial charge in [-0.05, 0) is 54.5 Å². The van der Waals surface area contributed by atoms with Gasteiger partial charge >= 0.3 is 0 Å². The van der Waals surface area contributed by atoms with Gasteiger partial charge in [-0.15, -0.1) is 0 Å². The van der Waals surface area contributed by atoms with Gasteiger partial charge < -0.3 is 5.32 Å². The first-order valence-corrected chi connectivity index (χ1v) is 7.56. The van der Waals surface area contributed by atoms with Crippen molar-refractivity contribution in [1.29, 1.82) is 0 Å². The van der Waals surface area contributed by atoms with E-state index in [1.807, 2.05) is 18.5 Å². The molecule has 1 fully saturated rings. The van der Waals surface area contributed by atoms with E-state index in [0.717, 1.165) is 19.0 Å². The first kappa shape index (κ1) is 12.1. The number of pyridine rings is 1. The minimum absolute atomic E-state index is 0.512. The third-order valence-corrected chi connectivity index (χ3v) is 5.07. The highest BCUT2D eigenvalue weighted by Gasteiger charge is 2.57. The van der Waals surface area contributed by atoms with Gasteiger partial charge in [0.25, 0.3) is 0 Å². The molecule has 0 amide bonds. The lowest BCUT2D eigenvalue weighted by Gasteiger charge is -2.12. The quantitative estimate of drug-likeness (QED) is 0.918. The molecule has 1 N–H and O–H groups in total. The molecule has 0 radical (unpaired) electrons. The number of benzene rings is 1. The molecule has 2 aliphatic rings. The van der Waals surface area contributed by atoms with E-state index in [2.05, 4.69) is 40.6 Å². The summed E-state index contributed by atoms with van der Waals surface area (Å²) >= 11 is 0. The first-order valence-electron chi connectivity index (χ1n) is 7.56. The molecule has 20 heavy (non-hydrogen) atoms. The van der Waals surface area contributed by atoms with Crippen LogP contribution >= 0.6 is 0 Å². The predicted octanol–water partition coefficient (Wildman–Crippen LogP) is 3.08. The SMILES string of the molecule is c1cncc(CNC[C@H]2C[C@@]23CCc2ccccc23)c1. The van der Waals surface area contributed by atoms with Crippen LogP contribution in [0, 0.1) is 5.92 Å². The van der Waals surface area contributed by atoms with Gasteiger partial charge in [0.05, 0.1) is 0 Å². The Morgan fingerprint density at radius 3 is 3.05 bits per heavy atom. The number of nitrogens with one attached hydrogen (secondary N) is 1. The van der Waals surface area contributed by atoms with Crippen LogP contribution in [0.3, 0.4) is 0 Å². The lowest BCUT2D eigenvalue weighted by atomic mass is 9.95. The Morgan fingerprint density at radius 2 is 2.15 bits per heavy atom. The Kier molecular flexibility index (Phi) is 2.85. The molecule has 1 aromatic carbocycles.